The smallest absolute Gasteiger partial charge is 0.384 e. The van der Waals surface area contributed by atoms with Gasteiger partial charge in [0.15, 0.2) is 0 Å². The van der Waals surface area contributed by atoms with E-state index >= 15 is 0 Å². The quantitative estimate of drug-likeness (QED) is 0.554. The Bertz CT molecular complexity index is 1100. The van der Waals surface area contributed by atoms with E-state index in [1.807, 2.05) is 0 Å². The number of aryl methyl sites for hydroxylation is 1. The lowest BCUT2D eigenvalue weighted by atomic mass is 10.1. The van der Waals surface area contributed by atoms with Gasteiger partial charge in [-0.1, -0.05) is 18.2 Å². The van der Waals surface area contributed by atoms with Gasteiger partial charge >= 0.3 is 6.18 Å². The molecule has 0 atom stereocenters. The zero-order chi connectivity index (χ0) is 21.1. The van der Waals surface area contributed by atoms with Gasteiger partial charge in [-0.05, 0) is 55.2 Å². The van der Waals surface area contributed by atoms with Crippen LogP contribution in [0.2, 0.25) is 0 Å². The van der Waals surface area contributed by atoms with Crippen LogP contribution < -0.4 is 10.5 Å². The summed E-state index contributed by atoms with van der Waals surface area (Å²) in [5.74, 6) is 0. The van der Waals surface area contributed by atoms with Crippen LogP contribution in [0.5, 0.6) is 0 Å². The first-order chi connectivity index (χ1) is 13.6. The zero-order valence-corrected chi connectivity index (χ0v) is 16.2. The van der Waals surface area contributed by atoms with Crippen molar-refractivity contribution in [2.24, 2.45) is 5.14 Å². The number of alkyl halides is 3. The predicted octanol–water partition coefficient (Wildman–Crippen LogP) is 4.34. The lowest BCUT2D eigenvalue weighted by Gasteiger charge is -2.11. The highest BCUT2D eigenvalue weighted by atomic mass is 32.2. The summed E-state index contributed by atoms with van der Waals surface area (Å²) in [7, 11) is -3.69. The number of unbranched alkanes of at least 4 members (excludes halogenated alkanes) is 1. The average molecular weight is 423 g/mol. The monoisotopic (exact) mass is 423 g/mol. The van der Waals surface area contributed by atoms with Crippen molar-refractivity contribution in [1.29, 1.82) is 0 Å². The van der Waals surface area contributed by atoms with Crippen molar-refractivity contribution in [3.8, 4) is 0 Å². The molecule has 154 valence electrons. The van der Waals surface area contributed by atoms with E-state index in [1.165, 1.54) is 24.4 Å². The van der Waals surface area contributed by atoms with E-state index in [-0.39, 0.29) is 4.90 Å². The van der Waals surface area contributed by atoms with Crippen LogP contribution >= 0.6 is 0 Å². The molecule has 0 aliphatic carbocycles. The number of halogens is 3. The number of anilines is 1. The molecule has 0 amide bonds. The molecule has 0 saturated heterocycles. The van der Waals surface area contributed by atoms with Gasteiger partial charge in [-0.2, -0.15) is 13.2 Å². The fourth-order valence-electron chi connectivity index (χ4n) is 3.00. The minimum atomic E-state index is -4.40. The lowest BCUT2D eigenvalue weighted by Crippen LogP contribution is -2.11. The molecule has 0 radical (unpaired) electrons. The number of nitrogens with one attached hydrogen (secondary N) is 1. The third-order valence-corrected chi connectivity index (χ3v) is 5.46. The van der Waals surface area contributed by atoms with Crippen molar-refractivity contribution in [2.45, 2.75) is 30.3 Å². The number of aromatic nitrogens is 1. The Labute approximate surface area is 166 Å². The van der Waals surface area contributed by atoms with E-state index in [4.69, 9.17) is 5.14 Å². The number of pyridine rings is 1. The first-order valence-electron chi connectivity index (χ1n) is 8.96. The first kappa shape index (κ1) is 21.1. The molecule has 0 unspecified atom stereocenters. The highest BCUT2D eigenvalue weighted by molar-refractivity contribution is 7.89. The van der Waals surface area contributed by atoms with Crippen molar-refractivity contribution in [3.63, 3.8) is 0 Å². The molecule has 1 heterocycles. The Morgan fingerprint density at radius 1 is 1.00 bits per heavy atom. The van der Waals surface area contributed by atoms with Crippen LogP contribution in [-0.2, 0) is 22.6 Å². The van der Waals surface area contributed by atoms with Gasteiger partial charge in [0.05, 0.1) is 16.0 Å². The summed E-state index contributed by atoms with van der Waals surface area (Å²) in [5.41, 5.74) is 1.32. The van der Waals surface area contributed by atoms with Gasteiger partial charge in [0.25, 0.3) is 0 Å². The molecular weight excluding hydrogens is 403 g/mol. The Morgan fingerprint density at radius 3 is 2.38 bits per heavy atom. The molecule has 9 heteroatoms. The lowest BCUT2D eigenvalue weighted by molar-refractivity contribution is -0.137. The maximum absolute atomic E-state index is 12.8. The first-order valence-corrected chi connectivity index (χ1v) is 10.5. The van der Waals surface area contributed by atoms with Gasteiger partial charge in [-0.3, -0.25) is 4.98 Å². The number of rotatable bonds is 7. The van der Waals surface area contributed by atoms with Crippen molar-refractivity contribution in [3.05, 3.63) is 65.9 Å². The minimum Gasteiger partial charge on any atom is -0.384 e. The number of benzene rings is 2. The predicted molar refractivity (Wildman–Crippen MR) is 106 cm³/mol. The molecule has 0 bridgehead atoms. The van der Waals surface area contributed by atoms with Crippen LogP contribution in [0.25, 0.3) is 10.9 Å². The SMILES string of the molecule is NS(=O)(=O)c1ccc(CCCCNc2ccnc3cc(C(F)(F)F)ccc23)cc1. The number of hydrogen-bond acceptors (Lipinski definition) is 4. The molecule has 0 aliphatic rings. The second-order valence-electron chi connectivity index (χ2n) is 6.66. The van der Waals surface area contributed by atoms with Crippen molar-refractivity contribution in [2.75, 3.05) is 11.9 Å². The van der Waals surface area contributed by atoms with Gasteiger partial charge < -0.3 is 5.32 Å². The normalized spacial score (nSPS) is 12.3. The van der Waals surface area contributed by atoms with Gasteiger partial charge in [-0.25, -0.2) is 13.6 Å². The molecule has 0 fully saturated rings. The molecule has 0 spiro atoms. The van der Waals surface area contributed by atoms with Gasteiger partial charge in [0.2, 0.25) is 10.0 Å². The summed E-state index contributed by atoms with van der Waals surface area (Å²) in [6, 6.07) is 11.7. The molecule has 2 aromatic carbocycles. The van der Waals surface area contributed by atoms with E-state index in [0.717, 1.165) is 42.6 Å². The number of hydrogen-bond donors (Lipinski definition) is 2. The highest BCUT2D eigenvalue weighted by Crippen LogP contribution is 2.32. The van der Waals surface area contributed by atoms with Gasteiger partial charge in [-0.15, -0.1) is 0 Å². The van der Waals surface area contributed by atoms with E-state index in [9.17, 15) is 21.6 Å². The van der Waals surface area contributed by atoms with Crippen molar-refractivity contribution >= 4 is 26.6 Å². The van der Waals surface area contributed by atoms with Crippen LogP contribution in [0.3, 0.4) is 0 Å². The summed E-state index contributed by atoms with van der Waals surface area (Å²) >= 11 is 0. The molecule has 3 aromatic rings. The third kappa shape index (κ3) is 5.45. The Balaban J connectivity index is 1.55. The second kappa shape index (κ2) is 8.38. The summed E-state index contributed by atoms with van der Waals surface area (Å²) in [6.45, 7) is 0.648. The highest BCUT2D eigenvalue weighted by Gasteiger charge is 2.30. The molecule has 1 aromatic heterocycles. The molecule has 3 rings (SSSR count). The number of sulfonamides is 1. The van der Waals surface area contributed by atoms with Crippen molar-refractivity contribution < 1.29 is 21.6 Å². The molecule has 0 aliphatic heterocycles. The maximum atomic E-state index is 12.8. The van der Waals surface area contributed by atoms with E-state index in [2.05, 4.69) is 10.3 Å². The Kier molecular flexibility index (Phi) is 6.09. The molecule has 5 nitrogen and oxygen atoms in total. The van der Waals surface area contributed by atoms with Gasteiger partial charge in [0, 0.05) is 23.8 Å². The summed E-state index contributed by atoms with van der Waals surface area (Å²) in [6.07, 6.45) is -0.438. The molecular formula is C20H20F3N3O2S. The van der Waals surface area contributed by atoms with Crippen LogP contribution in [0.1, 0.15) is 24.0 Å². The Hall–Kier alpha value is -2.65. The van der Waals surface area contributed by atoms with Crippen molar-refractivity contribution in [1.82, 2.24) is 4.98 Å². The van der Waals surface area contributed by atoms with Crippen LogP contribution in [0, 0.1) is 0 Å². The largest absolute Gasteiger partial charge is 0.416 e. The second-order valence-corrected chi connectivity index (χ2v) is 8.22. The molecule has 0 saturated carbocycles. The maximum Gasteiger partial charge on any atom is 0.416 e. The molecule has 3 N–H and O–H groups in total. The standard InChI is InChI=1S/C20H20F3N3O2S/c21-20(22,23)15-6-9-17-18(10-12-26-19(17)13-15)25-11-2-1-3-14-4-7-16(8-5-14)29(24,27)28/h4-10,12-13H,1-3,11H2,(H,25,26)(H2,24,27,28). The van der Waals surface area contributed by atoms with E-state index in [1.54, 1.807) is 18.2 Å². The fraction of sp³-hybridized carbons (Fsp3) is 0.250. The summed E-state index contributed by atoms with van der Waals surface area (Å²) in [5, 5.41) is 8.96. The number of nitrogens with two attached hydrogens (primary N) is 1. The number of nitrogens with zero attached hydrogens (tertiary/aromatic N) is 1. The summed E-state index contributed by atoms with van der Waals surface area (Å²) in [4.78, 5) is 4.12. The van der Waals surface area contributed by atoms with Crippen LogP contribution in [-0.4, -0.2) is 19.9 Å². The van der Waals surface area contributed by atoms with Crippen LogP contribution in [0.15, 0.2) is 59.6 Å². The number of primary sulfonamides is 1. The van der Waals surface area contributed by atoms with E-state index in [0.29, 0.717) is 17.4 Å². The minimum absolute atomic E-state index is 0.0844. The average Bonchev–Trinajstić information content (AvgIpc) is 2.66. The summed E-state index contributed by atoms with van der Waals surface area (Å²) < 4.78 is 61.0. The topological polar surface area (TPSA) is 85.1 Å². The van der Waals surface area contributed by atoms with Crippen LogP contribution in [0.4, 0.5) is 18.9 Å². The number of fused-ring (bicyclic) bond motifs is 1. The Morgan fingerprint density at radius 2 is 1.72 bits per heavy atom. The molecule has 29 heavy (non-hydrogen) atoms. The zero-order valence-electron chi connectivity index (χ0n) is 15.4. The fourth-order valence-corrected chi connectivity index (χ4v) is 3.52. The third-order valence-electron chi connectivity index (χ3n) is 4.53. The van der Waals surface area contributed by atoms with E-state index < -0.39 is 21.8 Å². The van der Waals surface area contributed by atoms with Gasteiger partial charge in [0.1, 0.15) is 0 Å².